The fourth-order valence-electron chi connectivity index (χ4n) is 3.91. The lowest BCUT2D eigenvalue weighted by atomic mass is 9.95. The van der Waals surface area contributed by atoms with Crippen LogP contribution in [0, 0.1) is 24.2 Å². The zero-order chi connectivity index (χ0) is 28.5. The largest absolute Gasteiger partial charge is 0.444 e. The van der Waals surface area contributed by atoms with E-state index in [1.165, 1.54) is 4.90 Å². The summed E-state index contributed by atoms with van der Waals surface area (Å²) in [5, 5.41) is 15.3. The van der Waals surface area contributed by atoms with E-state index in [0.717, 1.165) is 11.1 Å². The van der Waals surface area contributed by atoms with Gasteiger partial charge in [0.15, 0.2) is 0 Å². The quantitative estimate of drug-likeness (QED) is 0.397. The molecule has 0 bridgehead atoms. The number of anilines is 1. The van der Waals surface area contributed by atoms with Crippen LogP contribution in [0.5, 0.6) is 0 Å². The summed E-state index contributed by atoms with van der Waals surface area (Å²) >= 11 is 0. The van der Waals surface area contributed by atoms with Gasteiger partial charge in [-0.2, -0.15) is 5.26 Å². The number of carbonyl (C=O) groups is 3. The molecule has 0 radical (unpaired) electrons. The van der Waals surface area contributed by atoms with Crippen LogP contribution >= 0.6 is 0 Å². The van der Waals surface area contributed by atoms with Gasteiger partial charge in [-0.1, -0.05) is 69.3 Å². The summed E-state index contributed by atoms with van der Waals surface area (Å²) in [7, 11) is 0. The van der Waals surface area contributed by atoms with Crippen LogP contribution in [-0.2, 0) is 14.3 Å². The monoisotopic (exact) mass is 518 g/mol. The third kappa shape index (κ3) is 8.20. The Hall–Kier alpha value is -4.12. The van der Waals surface area contributed by atoms with Crippen LogP contribution in [0.15, 0.2) is 55.1 Å². The molecule has 3 amide bonds. The van der Waals surface area contributed by atoms with E-state index in [1.54, 1.807) is 57.2 Å². The summed E-state index contributed by atoms with van der Waals surface area (Å²) in [6.07, 6.45) is 1.46. The number of benzene rings is 2. The zero-order valence-corrected chi connectivity index (χ0v) is 23.1. The number of carbonyl (C=O) groups excluding carboxylic acids is 3. The van der Waals surface area contributed by atoms with Gasteiger partial charge in [0.25, 0.3) is 5.91 Å². The maximum atomic E-state index is 14.0. The number of nitriles is 1. The SMILES string of the molecule is C=Cc1cccc(C(C(=O)Nc2ccccc2C)N(CC#N)C(=O)C(NC(=O)OC(C)(C)C)C(C)CC)c1. The molecule has 2 rings (SSSR count). The molecule has 8 nitrogen and oxygen atoms in total. The fraction of sp³-hybridized carbons (Fsp3) is 0.400. The van der Waals surface area contributed by atoms with Gasteiger partial charge in [-0.05, 0) is 62.4 Å². The number of ether oxygens (including phenoxy) is 1. The number of nitrogens with one attached hydrogen (secondary N) is 2. The zero-order valence-electron chi connectivity index (χ0n) is 23.1. The fourth-order valence-corrected chi connectivity index (χ4v) is 3.91. The third-order valence-electron chi connectivity index (χ3n) is 6.10. The minimum absolute atomic E-state index is 0.296. The van der Waals surface area contributed by atoms with Crippen LogP contribution in [0.3, 0.4) is 0 Å². The molecular formula is C30H38N4O4. The Morgan fingerprint density at radius 3 is 2.42 bits per heavy atom. The van der Waals surface area contributed by atoms with Gasteiger partial charge in [0.1, 0.15) is 24.2 Å². The average Bonchev–Trinajstić information content (AvgIpc) is 2.86. The van der Waals surface area contributed by atoms with Crippen molar-refractivity contribution in [1.82, 2.24) is 10.2 Å². The van der Waals surface area contributed by atoms with Crippen LogP contribution in [0.25, 0.3) is 6.08 Å². The molecule has 0 aliphatic rings. The molecule has 0 aliphatic heterocycles. The Morgan fingerprint density at radius 2 is 1.84 bits per heavy atom. The number of para-hydroxylation sites is 1. The number of rotatable bonds is 10. The summed E-state index contributed by atoms with van der Waals surface area (Å²) in [4.78, 5) is 41.7. The molecule has 2 N–H and O–H groups in total. The first kappa shape index (κ1) is 30.1. The molecule has 0 aromatic heterocycles. The normalized spacial score (nSPS) is 13.3. The predicted molar refractivity (Wildman–Crippen MR) is 149 cm³/mol. The molecule has 0 fully saturated rings. The number of aryl methyl sites for hydroxylation is 1. The lowest BCUT2D eigenvalue weighted by Crippen LogP contribution is -2.54. The Balaban J connectivity index is 2.57. The lowest BCUT2D eigenvalue weighted by molar-refractivity contribution is -0.141. The smallest absolute Gasteiger partial charge is 0.408 e. The van der Waals surface area contributed by atoms with E-state index < -0.39 is 35.6 Å². The molecule has 8 heteroatoms. The highest BCUT2D eigenvalue weighted by molar-refractivity contribution is 5.99. The number of amides is 3. The van der Waals surface area contributed by atoms with Crippen molar-refractivity contribution >= 4 is 29.7 Å². The molecule has 202 valence electrons. The second-order valence-corrected chi connectivity index (χ2v) is 10.2. The van der Waals surface area contributed by atoms with Crippen LogP contribution in [0.1, 0.15) is 63.8 Å². The highest BCUT2D eigenvalue weighted by Gasteiger charge is 2.38. The van der Waals surface area contributed by atoms with Gasteiger partial charge in [-0.25, -0.2) is 4.79 Å². The molecule has 0 saturated carbocycles. The number of nitrogens with zero attached hydrogens (tertiary/aromatic N) is 2. The number of hydrogen-bond donors (Lipinski definition) is 2. The van der Waals surface area contributed by atoms with Crippen molar-refractivity contribution in [3.8, 4) is 6.07 Å². The molecule has 0 saturated heterocycles. The molecule has 0 spiro atoms. The maximum Gasteiger partial charge on any atom is 0.408 e. The van der Waals surface area contributed by atoms with Crippen molar-refractivity contribution in [2.75, 3.05) is 11.9 Å². The topological polar surface area (TPSA) is 112 Å². The van der Waals surface area contributed by atoms with Crippen molar-refractivity contribution in [2.24, 2.45) is 5.92 Å². The molecule has 3 atom stereocenters. The lowest BCUT2D eigenvalue weighted by Gasteiger charge is -2.34. The third-order valence-corrected chi connectivity index (χ3v) is 6.10. The van der Waals surface area contributed by atoms with Gasteiger partial charge in [0, 0.05) is 5.69 Å². The van der Waals surface area contributed by atoms with E-state index in [2.05, 4.69) is 17.2 Å². The van der Waals surface area contributed by atoms with E-state index >= 15 is 0 Å². The summed E-state index contributed by atoms with van der Waals surface area (Å²) in [5.41, 5.74) is 1.95. The first-order valence-corrected chi connectivity index (χ1v) is 12.7. The minimum atomic E-state index is -1.14. The van der Waals surface area contributed by atoms with Gasteiger partial charge in [0.2, 0.25) is 5.91 Å². The molecule has 3 unspecified atom stereocenters. The van der Waals surface area contributed by atoms with Crippen LogP contribution in [0.2, 0.25) is 0 Å². The van der Waals surface area contributed by atoms with Gasteiger partial charge < -0.3 is 20.3 Å². The van der Waals surface area contributed by atoms with Crippen molar-refractivity contribution in [2.45, 2.75) is 65.6 Å². The molecule has 2 aromatic carbocycles. The number of hydrogen-bond acceptors (Lipinski definition) is 5. The Bertz CT molecular complexity index is 1200. The highest BCUT2D eigenvalue weighted by atomic mass is 16.6. The summed E-state index contributed by atoms with van der Waals surface area (Å²) in [6.45, 7) is 14.2. The second-order valence-electron chi connectivity index (χ2n) is 10.2. The Labute approximate surface area is 225 Å². The van der Waals surface area contributed by atoms with Crippen molar-refractivity contribution in [3.05, 3.63) is 71.8 Å². The first-order chi connectivity index (χ1) is 17.9. The minimum Gasteiger partial charge on any atom is -0.444 e. The maximum absolute atomic E-state index is 14.0. The van der Waals surface area contributed by atoms with Crippen molar-refractivity contribution in [3.63, 3.8) is 0 Å². The molecular weight excluding hydrogens is 480 g/mol. The van der Waals surface area contributed by atoms with Gasteiger partial charge in [-0.15, -0.1) is 0 Å². The van der Waals surface area contributed by atoms with Gasteiger partial charge in [0.05, 0.1) is 6.07 Å². The molecule has 0 heterocycles. The molecule has 2 aromatic rings. The predicted octanol–water partition coefficient (Wildman–Crippen LogP) is 5.61. The first-order valence-electron chi connectivity index (χ1n) is 12.7. The highest BCUT2D eigenvalue weighted by Crippen LogP contribution is 2.27. The van der Waals surface area contributed by atoms with E-state index in [9.17, 15) is 19.6 Å². The van der Waals surface area contributed by atoms with Gasteiger partial charge >= 0.3 is 6.09 Å². The van der Waals surface area contributed by atoms with E-state index in [4.69, 9.17) is 4.74 Å². The second kappa shape index (κ2) is 13.4. The summed E-state index contributed by atoms with van der Waals surface area (Å²) in [6, 6.07) is 14.2. The standard InChI is InChI=1S/C30H38N4O4/c1-8-20(3)25(33-29(37)38-30(5,6)7)28(36)34(18-17-31)26(23-15-12-14-22(9-2)19-23)27(35)32-24-16-11-10-13-21(24)4/h9-16,19-20,25-26H,2,8,18H2,1,3-7H3,(H,32,35)(H,33,37). The van der Waals surface area contributed by atoms with Crippen LogP contribution in [-0.4, -0.2) is 41.0 Å². The van der Waals surface area contributed by atoms with E-state index in [-0.39, 0.29) is 12.5 Å². The Morgan fingerprint density at radius 1 is 1.16 bits per heavy atom. The number of alkyl carbamates (subject to hydrolysis) is 1. The van der Waals surface area contributed by atoms with Gasteiger partial charge in [-0.3, -0.25) is 9.59 Å². The average molecular weight is 519 g/mol. The van der Waals surface area contributed by atoms with Crippen molar-refractivity contribution < 1.29 is 19.1 Å². The van der Waals surface area contributed by atoms with E-state index in [1.807, 2.05) is 45.0 Å². The van der Waals surface area contributed by atoms with Crippen molar-refractivity contribution in [1.29, 1.82) is 5.26 Å². The van der Waals surface area contributed by atoms with Crippen LogP contribution in [0.4, 0.5) is 10.5 Å². The molecule has 38 heavy (non-hydrogen) atoms. The van der Waals surface area contributed by atoms with E-state index in [0.29, 0.717) is 17.7 Å². The molecule has 0 aliphatic carbocycles. The van der Waals surface area contributed by atoms with Crippen LogP contribution < -0.4 is 10.6 Å². The Kier molecular flexibility index (Phi) is 10.6. The summed E-state index contributed by atoms with van der Waals surface area (Å²) < 4.78 is 5.39. The summed E-state index contributed by atoms with van der Waals surface area (Å²) in [5.74, 6) is -1.33.